The second kappa shape index (κ2) is 5.34. The molecule has 17 heavy (non-hydrogen) atoms. The van der Waals surface area contributed by atoms with Gasteiger partial charge in [0.25, 0.3) is 0 Å². The van der Waals surface area contributed by atoms with Gasteiger partial charge in [-0.15, -0.1) is 0 Å². The van der Waals surface area contributed by atoms with E-state index in [1.807, 2.05) is 33.8 Å². The number of nitrogens with zero attached hydrogens (tertiary/aromatic N) is 1. The van der Waals surface area contributed by atoms with Crippen LogP contribution in [-0.4, -0.2) is 23.9 Å². The van der Waals surface area contributed by atoms with Gasteiger partial charge >= 0.3 is 5.97 Å². The summed E-state index contributed by atoms with van der Waals surface area (Å²) in [5, 5.41) is 12.8. The van der Waals surface area contributed by atoms with Crippen LogP contribution in [0.2, 0.25) is 0 Å². The number of hydrogen-bond donors (Lipinski definition) is 1. The van der Waals surface area contributed by atoms with Crippen LogP contribution in [0.4, 0.5) is 0 Å². The van der Waals surface area contributed by atoms with E-state index in [-0.39, 0.29) is 17.3 Å². The lowest BCUT2D eigenvalue weighted by Gasteiger charge is -1.98. The Morgan fingerprint density at radius 3 is 2.65 bits per heavy atom. The third kappa shape index (κ3) is 3.32. The highest BCUT2D eigenvalue weighted by atomic mass is 16.6. The predicted octanol–water partition coefficient (Wildman–Crippen LogP) is 2.70. The summed E-state index contributed by atoms with van der Waals surface area (Å²) in [4.78, 5) is 16.0. The van der Waals surface area contributed by atoms with Crippen LogP contribution in [0.25, 0.3) is 0 Å². The first-order chi connectivity index (χ1) is 7.91. The number of oxime groups is 1. The summed E-state index contributed by atoms with van der Waals surface area (Å²) in [6.07, 6.45) is 4.54. The van der Waals surface area contributed by atoms with E-state index in [4.69, 9.17) is 9.94 Å². The van der Waals surface area contributed by atoms with E-state index in [1.54, 1.807) is 6.21 Å². The van der Waals surface area contributed by atoms with Crippen molar-refractivity contribution in [2.45, 2.75) is 34.1 Å². The summed E-state index contributed by atoms with van der Waals surface area (Å²) in [6, 6.07) is 0. The number of carboxylic acids is 1. The maximum Gasteiger partial charge on any atom is 0.307 e. The molecule has 1 N–H and O–H groups in total. The lowest BCUT2D eigenvalue weighted by molar-refractivity contribution is -0.139. The van der Waals surface area contributed by atoms with E-state index >= 15 is 0 Å². The summed E-state index contributed by atoms with van der Waals surface area (Å²) in [6.45, 7) is 8.49. The molecule has 1 fully saturated rings. The smallest absolute Gasteiger partial charge is 0.307 e. The highest BCUT2D eigenvalue weighted by Gasteiger charge is 2.60. The maximum absolute atomic E-state index is 11.0. The van der Waals surface area contributed by atoms with E-state index in [2.05, 4.69) is 5.16 Å². The Hall–Kier alpha value is -1.32. The molecule has 0 amide bonds. The zero-order valence-electron chi connectivity index (χ0n) is 10.9. The lowest BCUT2D eigenvalue weighted by atomic mass is 10.1. The summed E-state index contributed by atoms with van der Waals surface area (Å²) in [7, 11) is 0. The van der Waals surface area contributed by atoms with Gasteiger partial charge in [-0.05, 0) is 30.3 Å². The number of allylic oxidation sites excluding steroid dienone is 2. The van der Waals surface area contributed by atoms with Crippen LogP contribution >= 0.6 is 0 Å². The van der Waals surface area contributed by atoms with Crippen molar-refractivity contribution in [2.24, 2.45) is 22.4 Å². The van der Waals surface area contributed by atoms with Gasteiger partial charge in [0.15, 0.2) is 0 Å². The molecule has 0 aromatic rings. The summed E-state index contributed by atoms with van der Waals surface area (Å²) in [5.74, 6) is -0.900. The highest BCUT2D eigenvalue weighted by Crippen LogP contribution is 2.59. The number of hydrogen-bond acceptors (Lipinski definition) is 3. The van der Waals surface area contributed by atoms with Gasteiger partial charge < -0.3 is 9.94 Å². The van der Waals surface area contributed by atoms with Crippen molar-refractivity contribution in [3.8, 4) is 0 Å². The Morgan fingerprint density at radius 1 is 1.53 bits per heavy atom. The van der Waals surface area contributed by atoms with E-state index in [9.17, 15) is 4.79 Å². The van der Waals surface area contributed by atoms with Crippen molar-refractivity contribution in [1.29, 1.82) is 0 Å². The van der Waals surface area contributed by atoms with Crippen molar-refractivity contribution in [1.82, 2.24) is 0 Å². The van der Waals surface area contributed by atoms with Gasteiger partial charge in [-0.1, -0.05) is 32.0 Å². The van der Waals surface area contributed by atoms with Gasteiger partial charge in [-0.3, -0.25) is 4.79 Å². The largest absolute Gasteiger partial charge is 0.481 e. The maximum atomic E-state index is 11.0. The fourth-order valence-corrected chi connectivity index (χ4v) is 2.05. The topological polar surface area (TPSA) is 58.9 Å². The average molecular weight is 239 g/mol. The molecule has 1 aliphatic carbocycles. The second-order valence-electron chi connectivity index (χ2n) is 5.14. The van der Waals surface area contributed by atoms with Crippen LogP contribution in [0, 0.1) is 17.3 Å². The zero-order valence-corrected chi connectivity index (χ0v) is 10.9. The van der Waals surface area contributed by atoms with Crippen molar-refractivity contribution in [3.63, 3.8) is 0 Å². The summed E-state index contributed by atoms with van der Waals surface area (Å²) in [5.41, 5.74) is 0.800. The normalized spacial score (nSPS) is 27.2. The molecule has 0 bridgehead atoms. The fourth-order valence-electron chi connectivity index (χ4n) is 2.05. The molecule has 1 aliphatic rings. The standard InChI is InChI=1S/C13H21NO3/c1-5-6-17-14-8-9(2)7-10-11(12(15)16)13(10,3)4/h7-8,10-11H,5-6H2,1-4H3,(H,15,16)/b9-7?,14-8+. The van der Waals surface area contributed by atoms with E-state index in [0.29, 0.717) is 6.61 Å². The van der Waals surface area contributed by atoms with Gasteiger partial charge in [0.05, 0.1) is 12.1 Å². The predicted molar refractivity (Wildman–Crippen MR) is 66.9 cm³/mol. The number of aliphatic carboxylic acids is 1. The van der Waals surface area contributed by atoms with Gasteiger partial charge in [-0.2, -0.15) is 0 Å². The Kier molecular flexibility index (Phi) is 4.32. The number of carboxylic acid groups (broad SMARTS) is 1. The van der Waals surface area contributed by atoms with Gasteiger partial charge in [0.1, 0.15) is 6.61 Å². The molecular weight excluding hydrogens is 218 g/mol. The van der Waals surface area contributed by atoms with Crippen LogP contribution < -0.4 is 0 Å². The van der Waals surface area contributed by atoms with Crippen molar-refractivity contribution >= 4 is 12.2 Å². The van der Waals surface area contributed by atoms with Gasteiger partial charge in [0.2, 0.25) is 0 Å². The minimum atomic E-state index is -0.719. The first kappa shape index (κ1) is 13.7. The second-order valence-corrected chi connectivity index (χ2v) is 5.14. The molecule has 0 aromatic carbocycles. The highest BCUT2D eigenvalue weighted by molar-refractivity contribution is 5.80. The van der Waals surface area contributed by atoms with E-state index < -0.39 is 5.97 Å². The molecule has 0 spiro atoms. The van der Waals surface area contributed by atoms with Crippen LogP contribution in [0.5, 0.6) is 0 Å². The van der Waals surface area contributed by atoms with Crippen LogP contribution in [-0.2, 0) is 9.63 Å². The fraction of sp³-hybridized carbons (Fsp3) is 0.692. The third-order valence-electron chi connectivity index (χ3n) is 3.25. The SMILES string of the molecule is CCCO/N=C/C(C)=CC1C(C(=O)O)C1(C)C. The first-order valence-electron chi connectivity index (χ1n) is 5.97. The molecule has 2 atom stereocenters. The quantitative estimate of drug-likeness (QED) is 0.440. The Labute approximate surface area is 102 Å². The molecule has 0 radical (unpaired) electrons. The van der Waals surface area contributed by atoms with Crippen molar-refractivity contribution in [2.75, 3.05) is 6.61 Å². The molecule has 0 aromatic heterocycles. The van der Waals surface area contributed by atoms with E-state index in [0.717, 1.165) is 12.0 Å². The minimum absolute atomic E-state index is 0.0950. The Morgan fingerprint density at radius 2 is 2.18 bits per heavy atom. The molecule has 0 aliphatic heterocycles. The Bertz CT molecular complexity index is 345. The molecule has 1 rings (SSSR count). The molecular formula is C13H21NO3. The van der Waals surface area contributed by atoms with Gasteiger partial charge in [0, 0.05) is 0 Å². The molecule has 96 valence electrons. The Balaban J connectivity index is 2.53. The van der Waals surface area contributed by atoms with Crippen molar-refractivity contribution in [3.05, 3.63) is 11.6 Å². The van der Waals surface area contributed by atoms with Crippen LogP contribution in [0.15, 0.2) is 16.8 Å². The van der Waals surface area contributed by atoms with Crippen LogP contribution in [0.3, 0.4) is 0 Å². The average Bonchev–Trinajstić information content (AvgIpc) is 2.75. The molecule has 1 saturated carbocycles. The summed E-state index contributed by atoms with van der Waals surface area (Å²) >= 11 is 0. The van der Waals surface area contributed by atoms with Crippen molar-refractivity contribution < 1.29 is 14.7 Å². The zero-order chi connectivity index (χ0) is 13.1. The third-order valence-corrected chi connectivity index (χ3v) is 3.25. The number of rotatable bonds is 6. The molecule has 0 saturated heterocycles. The van der Waals surface area contributed by atoms with Gasteiger partial charge in [-0.25, -0.2) is 0 Å². The molecule has 0 heterocycles. The van der Waals surface area contributed by atoms with Crippen LogP contribution in [0.1, 0.15) is 34.1 Å². The molecule has 2 unspecified atom stereocenters. The minimum Gasteiger partial charge on any atom is -0.481 e. The summed E-state index contributed by atoms with van der Waals surface area (Å²) < 4.78 is 0. The molecule has 4 heteroatoms. The molecule has 4 nitrogen and oxygen atoms in total. The monoisotopic (exact) mass is 239 g/mol. The van der Waals surface area contributed by atoms with E-state index in [1.165, 1.54) is 0 Å². The lowest BCUT2D eigenvalue weighted by Crippen LogP contribution is -2.03. The first-order valence-corrected chi connectivity index (χ1v) is 5.97. The number of carbonyl (C=O) groups is 1.